The van der Waals surface area contributed by atoms with Crippen molar-refractivity contribution in [3.8, 4) is 0 Å². The van der Waals surface area contributed by atoms with Gasteiger partial charge in [-0.25, -0.2) is 4.98 Å². The number of benzene rings is 2. The van der Waals surface area contributed by atoms with E-state index in [1.807, 2.05) is 43.3 Å². The molecule has 0 aliphatic carbocycles. The van der Waals surface area contributed by atoms with Crippen molar-refractivity contribution >= 4 is 28.2 Å². The van der Waals surface area contributed by atoms with Crippen LogP contribution in [0.25, 0.3) is 10.9 Å². The minimum Gasteiger partial charge on any atom is -0.382 e. The number of aryl methyl sites for hydroxylation is 2. The zero-order valence-electron chi connectivity index (χ0n) is 14.6. The van der Waals surface area contributed by atoms with E-state index in [1.165, 1.54) is 10.9 Å². The lowest BCUT2D eigenvalue weighted by atomic mass is 10.1. The zero-order valence-corrected chi connectivity index (χ0v) is 14.6. The van der Waals surface area contributed by atoms with Crippen molar-refractivity contribution in [2.75, 3.05) is 23.3 Å². The molecule has 6 heteroatoms. The van der Waals surface area contributed by atoms with Gasteiger partial charge in [-0.05, 0) is 30.7 Å². The number of carbonyl (C=O) groups excluding carboxylic acids is 1. The first-order valence-electron chi connectivity index (χ1n) is 8.73. The van der Waals surface area contributed by atoms with Crippen molar-refractivity contribution < 1.29 is 4.79 Å². The van der Waals surface area contributed by atoms with Crippen molar-refractivity contribution in [1.29, 1.82) is 0 Å². The van der Waals surface area contributed by atoms with Gasteiger partial charge in [0.15, 0.2) is 0 Å². The van der Waals surface area contributed by atoms with E-state index in [-0.39, 0.29) is 17.9 Å². The third kappa shape index (κ3) is 2.83. The van der Waals surface area contributed by atoms with Gasteiger partial charge in [0, 0.05) is 26.1 Å². The van der Waals surface area contributed by atoms with Crippen molar-refractivity contribution in [2.45, 2.75) is 19.9 Å². The molecule has 1 aliphatic rings. The van der Waals surface area contributed by atoms with E-state index in [2.05, 4.69) is 10.3 Å². The molecule has 0 unspecified atom stereocenters. The van der Waals surface area contributed by atoms with Crippen LogP contribution >= 0.6 is 0 Å². The van der Waals surface area contributed by atoms with Crippen molar-refractivity contribution in [3.05, 3.63) is 64.7 Å². The minimum absolute atomic E-state index is 0.00943. The first kappa shape index (κ1) is 16.3. The van der Waals surface area contributed by atoms with Gasteiger partial charge in [-0.2, -0.15) is 0 Å². The highest BCUT2D eigenvalue weighted by Crippen LogP contribution is 2.28. The molecule has 4 rings (SSSR count). The van der Waals surface area contributed by atoms with Crippen LogP contribution in [0.5, 0.6) is 0 Å². The van der Waals surface area contributed by atoms with Crippen LogP contribution in [0.2, 0.25) is 0 Å². The second kappa shape index (κ2) is 6.63. The Morgan fingerprint density at radius 3 is 2.92 bits per heavy atom. The standard InChI is InChI=1S/C20H20N4O2/c1-14-5-4-6-15-19(14)22-13-23(20(15)26)11-9-18(25)24-12-10-21-16-7-2-3-8-17(16)24/h2-8,13,21H,9-12H2,1H3. The number of fused-ring (bicyclic) bond motifs is 2. The third-order valence-electron chi connectivity index (χ3n) is 4.77. The van der Waals surface area contributed by atoms with Crippen molar-refractivity contribution in [3.63, 3.8) is 0 Å². The topological polar surface area (TPSA) is 67.2 Å². The summed E-state index contributed by atoms with van der Waals surface area (Å²) in [6.07, 6.45) is 1.80. The molecule has 1 aliphatic heterocycles. The molecule has 0 spiro atoms. The van der Waals surface area contributed by atoms with Crippen LogP contribution in [0, 0.1) is 6.92 Å². The summed E-state index contributed by atoms with van der Waals surface area (Å²) in [5, 5.41) is 3.89. The Morgan fingerprint density at radius 1 is 1.19 bits per heavy atom. The zero-order chi connectivity index (χ0) is 18.1. The highest BCUT2D eigenvalue weighted by molar-refractivity contribution is 5.97. The van der Waals surface area contributed by atoms with E-state index < -0.39 is 0 Å². The molecule has 0 saturated carbocycles. The number of anilines is 2. The summed E-state index contributed by atoms with van der Waals surface area (Å²) in [6.45, 7) is 3.60. The Bertz CT molecular complexity index is 1040. The lowest BCUT2D eigenvalue weighted by molar-refractivity contribution is -0.118. The minimum atomic E-state index is -0.104. The summed E-state index contributed by atoms with van der Waals surface area (Å²) in [6, 6.07) is 13.3. The Morgan fingerprint density at radius 2 is 2.04 bits per heavy atom. The number of hydrogen-bond acceptors (Lipinski definition) is 4. The number of para-hydroxylation sites is 3. The molecule has 1 N–H and O–H groups in total. The molecule has 132 valence electrons. The van der Waals surface area contributed by atoms with Crippen molar-refractivity contribution in [2.24, 2.45) is 0 Å². The quantitative estimate of drug-likeness (QED) is 0.790. The fourth-order valence-electron chi connectivity index (χ4n) is 3.39. The van der Waals surface area contributed by atoms with Crippen LogP contribution in [0.4, 0.5) is 11.4 Å². The first-order valence-corrected chi connectivity index (χ1v) is 8.73. The lowest BCUT2D eigenvalue weighted by Crippen LogP contribution is -2.39. The average Bonchev–Trinajstić information content (AvgIpc) is 2.67. The van der Waals surface area contributed by atoms with Gasteiger partial charge < -0.3 is 10.2 Å². The SMILES string of the molecule is Cc1cccc2c(=O)n(CCC(=O)N3CCNc4ccccc43)cnc12. The van der Waals surface area contributed by atoms with Gasteiger partial charge in [0.05, 0.1) is 28.6 Å². The van der Waals surface area contributed by atoms with E-state index in [0.29, 0.717) is 18.5 Å². The number of carbonyl (C=O) groups is 1. The van der Waals surface area contributed by atoms with Gasteiger partial charge in [-0.1, -0.05) is 24.3 Å². The van der Waals surface area contributed by atoms with Crippen LogP contribution in [0.3, 0.4) is 0 Å². The molecule has 26 heavy (non-hydrogen) atoms. The number of nitrogens with one attached hydrogen (secondary N) is 1. The molecule has 6 nitrogen and oxygen atoms in total. The maximum atomic E-state index is 12.7. The monoisotopic (exact) mass is 348 g/mol. The average molecular weight is 348 g/mol. The van der Waals surface area contributed by atoms with Gasteiger partial charge >= 0.3 is 0 Å². The summed E-state index contributed by atoms with van der Waals surface area (Å²) in [7, 11) is 0. The number of nitrogens with zero attached hydrogens (tertiary/aromatic N) is 3. The van der Waals surface area contributed by atoms with E-state index in [1.54, 1.807) is 11.0 Å². The summed E-state index contributed by atoms with van der Waals surface area (Å²) < 4.78 is 1.52. The lowest BCUT2D eigenvalue weighted by Gasteiger charge is -2.30. The Labute approximate surface area is 151 Å². The van der Waals surface area contributed by atoms with Crippen LogP contribution in [0.1, 0.15) is 12.0 Å². The van der Waals surface area contributed by atoms with Gasteiger partial charge in [0.25, 0.3) is 5.56 Å². The second-order valence-corrected chi connectivity index (χ2v) is 6.45. The summed E-state index contributed by atoms with van der Waals surface area (Å²) >= 11 is 0. The maximum absolute atomic E-state index is 12.7. The molecule has 1 amide bonds. The molecule has 0 bridgehead atoms. The third-order valence-corrected chi connectivity index (χ3v) is 4.77. The molecule has 0 fully saturated rings. The molecule has 1 aromatic heterocycles. The largest absolute Gasteiger partial charge is 0.382 e. The van der Waals surface area contributed by atoms with Gasteiger partial charge in [-0.15, -0.1) is 0 Å². The number of rotatable bonds is 3. The van der Waals surface area contributed by atoms with Crippen LogP contribution < -0.4 is 15.8 Å². The van der Waals surface area contributed by atoms with Crippen LogP contribution in [-0.2, 0) is 11.3 Å². The Hall–Kier alpha value is -3.15. The normalized spacial score (nSPS) is 13.3. The van der Waals surface area contributed by atoms with E-state index >= 15 is 0 Å². The smallest absolute Gasteiger partial charge is 0.261 e. The van der Waals surface area contributed by atoms with Gasteiger partial charge in [-0.3, -0.25) is 14.2 Å². The summed E-state index contributed by atoms with van der Waals surface area (Å²) in [5.41, 5.74) is 3.44. The van der Waals surface area contributed by atoms with E-state index in [4.69, 9.17) is 0 Å². The molecule has 0 radical (unpaired) electrons. The van der Waals surface area contributed by atoms with Gasteiger partial charge in [0.2, 0.25) is 5.91 Å². The fraction of sp³-hybridized carbons (Fsp3) is 0.250. The van der Waals surface area contributed by atoms with Crippen LogP contribution in [0.15, 0.2) is 53.6 Å². The molecule has 2 aromatic carbocycles. The molecule has 3 aromatic rings. The molecule has 0 saturated heterocycles. The van der Waals surface area contributed by atoms with E-state index in [0.717, 1.165) is 29.0 Å². The number of hydrogen-bond donors (Lipinski definition) is 1. The van der Waals surface area contributed by atoms with Crippen LogP contribution in [-0.4, -0.2) is 28.5 Å². The fourth-order valence-corrected chi connectivity index (χ4v) is 3.39. The predicted octanol–water partition coefficient (Wildman–Crippen LogP) is 2.55. The highest BCUT2D eigenvalue weighted by Gasteiger charge is 2.21. The first-order chi connectivity index (χ1) is 12.6. The van der Waals surface area contributed by atoms with Crippen molar-refractivity contribution in [1.82, 2.24) is 9.55 Å². The number of amides is 1. The Kier molecular flexibility index (Phi) is 4.16. The second-order valence-electron chi connectivity index (χ2n) is 6.45. The van der Waals surface area contributed by atoms with Gasteiger partial charge in [0.1, 0.15) is 0 Å². The number of aromatic nitrogens is 2. The Balaban J connectivity index is 1.55. The maximum Gasteiger partial charge on any atom is 0.261 e. The molecule has 0 atom stereocenters. The molecule has 2 heterocycles. The van der Waals surface area contributed by atoms with E-state index in [9.17, 15) is 9.59 Å². The summed E-state index contributed by atoms with van der Waals surface area (Å²) in [4.78, 5) is 31.6. The molecular weight excluding hydrogens is 328 g/mol. The summed E-state index contributed by atoms with van der Waals surface area (Å²) in [5.74, 6) is 0.00943. The highest BCUT2D eigenvalue weighted by atomic mass is 16.2. The predicted molar refractivity (Wildman–Crippen MR) is 103 cm³/mol. The molecular formula is C20H20N4O2.